The van der Waals surface area contributed by atoms with Gasteiger partial charge >= 0.3 is 5.97 Å². The number of sulfonamides is 1. The molecule has 0 aliphatic carbocycles. The van der Waals surface area contributed by atoms with Gasteiger partial charge in [-0.3, -0.25) is 14.3 Å². The standard InChI is InChI=1S/C12H16N2O5S/c1-3-11(15)13-9-5-4-8(2)10(6-9)14-20(18,19)7-12(16)17/h4-6,14H,3,7H2,1-2H3,(H,13,15)(H,16,17). The first-order valence-electron chi connectivity index (χ1n) is 5.86. The van der Waals surface area contributed by atoms with Crippen LogP contribution in [0.4, 0.5) is 11.4 Å². The molecule has 0 unspecified atom stereocenters. The molecule has 8 heteroatoms. The van der Waals surface area contributed by atoms with Gasteiger partial charge in [0.15, 0.2) is 5.75 Å². The number of hydrogen-bond donors (Lipinski definition) is 3. The van der Waals surface area contributed by atoms with E-state index < -0.39 is 21.7 Å². The van der Waals surface area contributed by atoms with Crippen LogP contribution in [0.25, 0.3) is 0 Å². The third-order valence-electron chi connectivity index (χ3n) is 2.42. The summed E-state index contributed by atoms with van der Waals surface area (Å²) >= 11 is 0. The summed E-state index contributed by atoms with van der Waals surface area (Å²) in [7, 11) is -3.97. The molecule has 0 fully saturated rings. The van der Waals surface area contributed by atoms with Crippen LogP contribution < -0.4 is 10.0 Å². The van der Waals surface area contributed by atoms with Gasteiger partial charge in [-0.25, -0.2) is 8.42 Å². The minimum atomic E-state index is -3.97. The number of rotatable bonds is 6. The summed E-state index contributed by atoms with van der Waals surface area (Å²) in [5.74, 6) is -2.66. The predicted molar refractivity (Wildman–Crippen MR) is 75.1 cm³/mol. The topological polar surface area (TPSA) is 113 Å². The van der Waals surface area contributed by atoms with Crippen LogP contribution in [0.1, 0.15) is 18.9 Å². The summed E-state index contributed by atoms with van der Waals surface area (Å²) < 4.78 is 25.3. The quantitative estimate of drug-likeness (QED) is 0.730. The van der Waals surface area contributed by atoms with Crippen molar-refractivity contribution in [3.05, 3.63) is 23.8 Å². The molecule has 0 atom stereocenters. The third kappa shape index (κ3) is 4.88. The van der Waals surface area contributed by atoms with Crippen molar-refractivity contribution in [1.82, 2.24) is 0 Å². The average Bonchev–Trinajstić information content (AvgIpc) is 2.31. The minimum absolute atomic E-state index is 0.201. The van der Waals surface area contributed by atoms with Crippen LogP contribution in [-0.2, 0) is 19.6 Å². The van der Waals surface area contributed by atoms with E-state index in [0.717, 1.165) is 0 Å². The van der Waals surface area contributed by atoms with Crippen LogP contribution in [0.3, 0.4) is 0 Å². The van der Waals surface area contributed by atoms with Crippen LogP contribution in [-0.4, -0.2) is 31.2 Å². The predicted octanol–water partition coefficient (Wildman–Crippen LogP) is 1.17. The van der Waals surface area contributed by atoms with Crippen LogP contribution in [0, 0.1) is 6.92 Å². The number of carboxylic acid groups (broad SMARTS) is 1. The van der Waals surface area contributed by atoms with Gasteiger partial charge in [0.05, 0.1) is 5.69 Å². The fourth-order valence-corrected chi connectivity index (χ4v) is 2.38. The lowest BCUT2D eigenvalue weighted by molar-refractivity contribution is -0.134. The Kier molecular flexibility index (Phi) is 5.09. The Balaban J connectivity index is 2.97. The highest BCUT2D eigenvalue weighted by Gasteiger charge is 2.16. The molecule has 0 radical (unpaired) electrons. The Bertz CT molecular complexity index is 625. The fraction of sp³-hybridized carbons (Fsp3) is 0.333. The number of nitrogens with one attached hydrogen (secondary N) is 2. The number of aliphatic carboxylic acids is 1. The van der Waals surface area contributed by atoms with Gasteiger partial charge in [0.2, 0.25) is 15.9 Å². The summed E-state index contributed by atoms with van der Waals surface area (Å²) in [5.41, 5.74) is 1.30. The average molecular weight is 300 g/mol. The lowest BCUT2D eigenvalue weighted by atomic mass is 10.2. The van der Waals surface area contributed by atoms with E-state index in [0.29, 0.717) is 17.7 Å². The van der Waals surface area contributed by atoms with Gasteiger partial charge in [-0.2, -0.15) is 0 Å². The second-order valence-corrected chi connectivity index (χ2v) is 5.91. The number of anilines is 2. The van der Waals surface area contributed by atoms with Gasteiger partial charge in [0.1, 0.15) is 0 Å². The van der Waals surface area contributed by atoms with Crippen molar-refractivity contribution in [2.24, 2.45) is 0 Å². The molecule has 0 aliphatic rings. The molecule has 0 aliphatic heterocycles. The molecule has 20 heavy (non-hydrogen) atoms. The number of aryl methyl sites for hydroxylation is 1. The summed E-state index contributed by atoms with van der Waals surface area (Å²) in [6, 6.07) is 4.71. The van der Waals surface area contributed by atoms with E-state index in [-0.39, 0.29) is 11.6 Å². The van der Waals surface area contributed by atoms with Crippen molar-refractivity contribution < 1.29 is 23.1 Å². The monoisotopic (exact) mass is 300 g/mol. The smallest absolute Gasteiger partial charge is 0.320 e. The van der Waals surface area contributed by atoms with Gasteiger partial charge < -0.3 is 10.4 Å². The Morgan fingerprint density at radius 1 is 1.30 bits per heavy atom. The lowest BCUT2D eigenvalue weighted by Gasteiger charge is -2.11. The Labute approximate surface area is 117 Å². The minimum Gasteiger partial charge on any atom is -0.480 e. The van der Waals surface area contributed by atoms with Gasteiger partial charge in [0.25, 0.3) is 0 Å². The first-order chi connectivity index (χ1) is 9.23. The molecular formula is C12H16N2O5S. The molecular weight excluding hydrogens is 284 g/mol. The molecule has 7 nitrogen and oxygen atoms in total. The number of hydrogen-bond acceptors (Lipinski definition) is 4. The van der Waals surface area contributed by atoms with Crippen LogP contribution in [0.2, 0.25) is 0 Å². The van der Waals surface area contributed by atoms with E-state index in [2.05, 4.69) is 10.0 Å². The van der Waals surface area contributed by atoms with E-state index in [1.807, 2.05) is 0 Å². The zero-order valence-corrected chi connectivity index (χ0v) is 12.0. The Morgan fingerprint density at radius 2 is 1.95 bits per heavy atom. The van der Waals surface area contributed by atoms with E-state index in [1.54, 1.807) is 26.0 Å². The molecule has 0 aromatic heterocycles. The maximum Gasteiger partial charge on any atom is 0.320 e. The van der Waals surface area contributed by atoms with Crippen molar-refractivity contribution in [2.75, 3.05) is 15.8 Å². The molecule has 3 N–H and O–H groups in total. The first kappa shape index (κ1) is 16.0. The molecule has 1 aromatic carbocycles. The first-order valence-corrected chi connectivity index (χ1v) is 7.51. The summed E-state index contributed by atoms with van der Waals surface area (Å²) in [5, 5.41) is 11.1. The third-order valence-corrected chi connectivity index (χ3v) is 3.58. The summed E-state index contributed by atoms with van der Waals surface area (Å²) in [6.45, 7) is 3.37. The normalized spacial score (nSPS) is 10.9. The molecule has 1 rings (SSSR count). The van der Waals surface area contributed by atoms with Crippen molar-refractivity contribution in [2.45, 2.75) is 20.3 Å². The maximum atomic E-state index is 11.6. The Morgan fingerprint density at radius 3 is 2.50 bits per heavy atom. The molecule has 0 saturated heterocycles. The zero-order chi connectivity index (χ0) is 15.3. The summed E-state index contributed by atoms with van der Waals surface area (Å²) in [4.78, 5) is 21.7. The number of carboxylic acids is 1. The van der Waals surface area contributed by atoms with E-state index in [4.69, 9.17) is 5.11 Å². The fourth-order valence-electron chi connectivity index (χ4n) is 1.43. The van der Waals surface area contributed by atoms with E-state index >= 15 is 0 Å². The van der Waals surface area contributed by atoms with Gasteiger partial charge in [-0.1, -0.05) is 13.0 Å². The van der Waals surface area contributed by atoms with E-state index in [9.17, 15) is 18.0 Å². The van der Waals surface area contributed by atoms with Crippen LogP contribution in [0.5, 0.6) is 0 Å². The largest absolute Gasteiger partial charge is 0.480 e. The number of carbonyl (C=O) groups excluding carboxylic acids is 1. The van der Waals surface area contributed by atoms with Gasteiger partial charge in [0, 0.05) is 12.1 Å². The second-order valence-electron chi connectivity index (χ2n) is 4.19. The van der Waals surface area contributed by atoms with Crippen LogP contribution in [0.15, 0.2) is 18.2 Å². The highest BCUT2D eigenvalue weighted by atomic mass is 32.2. The lowest BCUT2D eigenvalue weighted by Crippen LogP contribution is -2.23. The molecule has 1 aromatic rings. The van der Waals surface area contributed by atoms with Crippen molar-refractivity contribution in [3.8, 4) is 0 Å². The highest BCUT2D eigenvalue weighted by molar-refractivity contribution is 7.93. The van der Waals surface area contributed by atoms with Crippen molar-refractivity contribution >= 4 is 33.3 Å². The summed E-state index contributed by atoms with van der Waals surface area (Å²) in [6.07, 6.45) is 0.300. The van der Waals surface area contributed by atoms with Crippen molar-refractivity contribution in [3.63, 3.8) is 0 Å². The maximum absolute atomic E-state index is 11.6. The van der Waals surface area contributed by atoms with Crippen molar-refractivity contribution in [1.29, 1.82) is 0 Å². The second kappa shape index (κ2) is 6.38. The molecule has 110 valence electrons. The van der Waals surface area contributed by atoms with Gasteiger partial charge in [-0.05, 0) is 24.6 Å². The SMILES string of the molecule is CCC(=O)Nc1ccc(C)c(NS(=O)(=O)CC(=O)O)c1. The number of benzene rings is 1. The van der Waals surface area contributed by atoms with E-state index in [1.165, 1.54) is 6.07 Å². The highest BCUT2D eigenvalue weighted by Crippen LogP contribution is 2.21. The number of amides is 1. The van der Waals surface area contributed by atoms with Gasteiger partial charge in [-0.15, -0.1) is 0 Å². The molecule has 0 saturated carbocycles. The molecule has 1 amide bonds. The Hall–Kier alpha value is -2.09. The molecule has 0 bridgehead atoms. The number of carbonyl (C=O) groups is 2. The zero-order valence-electron chi connectivity index (χ0n) is 11.1. The van der Waals surface area contributed by atoms with Crippen LogP contribution >= 0.6 is 0 Å². The molecule has 0 spiro atoms. The molecule has 0 heterocycles.